The third-order valence-corrected chi connectivity index (χ3v) is 7.06. The summed E-state index contributed by atoms with van der Waals surface area (Å²) in [4.78, 5) is 33.3. The SMILES string of the molecule is NC(N)=NCc1nn(Cc2ccccc2)c(=O)c2ccccc12.NC(N)=NCc1nn(Cc2ccccc2)c(=O)c2ccccc12.O=S(=O)(O)O. The van der Waals surface area contributed by atoms with Gasteiger partial charge in [0.25, 0.3) is 11.1 Å². The lowest BCUT2D eigenvalue weighted by Gasteiger charge is -2.10. The molecule has 0 fully saturated rings. The number of benzene rings is 4. The lowest BCUT2D eigenvalue weighted by molar-refractivity contribution is 0.381. The van der Waals surface area contributed by atoms with E-state index in [-0.39, 0.29) is 36.1 Å². The molecule has 10 N–H and O–H groups in total. The zero-order valence-electron chi connectivity index (χ0n) is 27.1. The number of nitrogens with two attached hydrogens (primary N) is 4. The molecule has 51 heavy (non-hydrogen) atoms. The largest absolute Gasteiger partial charge is 0.394 e. The van der Waals surface area contributed by atoms with Crippen molar-refractivity contribution in [3.05, 3.63) is 152 Å². The first-order chi connectivity index (χ1) is 24.3. The van der Waals surface area contributed by atoms with Gasteiger partial charge in [-0.2, -0.15) is 18.6 Å². The van der Waals surface area contributed by atoms with Crippen LogP contribution in [0.15, 0.2) is 129 Å². The molecule has 0 saturated heterocycles. The number of rotatable bonds is 8. The van der Waals surface area contributed by atoms with Crippen molar-refractivity contribution >= 4 is 43.9 Å². The fourth-order valence-corrected chi connectivity index (χ4v) is 4.90. The first-order valence-corrected chi connectivity index (χ1v) is 16.6. The van der Waals surface area contributed by atoms with Gasteiger partial charge in [-0.1, -0.05) is 97.1 Å². The summed E-state index contributed by atoms with van der Waals surface area (Å²) >= 11 is 0. The Morgan fingerprint density at radius 1 is 0.549 bits per heavy atom. The van der Waals surface area contributed by atoms with Gasteiger partial charge in [0.15, 0.2) is 11.9 Å². The molecule has 0 aliphatic carbocycles. The predicted molar refractivity (Wildman–Crippen MR) is 196 cm³/mol. The van der Waals surface area contributed by atoms with Gasteiger partial charge in [-0.25, -0.2) is 19.3 Å². The zero-order chi connectivity index (χ0) is 37.0. The molecule has 0 aliphatic rings. The van der Waals surface area contributed by atoms with Crippen molar-refractivity contribution in [2.45, 2.75) is 26.2 Å². The molecule has 0 unspecified atom stereocenters. The third kappa shape index (κ3) is 11.3. The van der Waals surface area contributed by atoms with Crippen LogP contribution in [0.5, 0.6) is 0 Å². The molecule has 0 amide bonds. The summed E-state index contributed by atoms with van der Waals surface area (Å²) in [6, 6.07) is 34.1. The predicted octanol–water partition coefficient (Wildman–Crippen LogP) is 1.78. The van der Waals surface area contributed by atoms with E-state index in [1.165, 1.54) is 9.36 Å². The van der Waals surface area contributed by atoms with Gasteiger partial charge in [-0.15, -0.1) is 0 Å². The van der Waals surface area contributed by atoms with Gasteiger partial charge < -0.3 is 22.9 Å². The molecule has 4 aromatic carbocycles. The lowest BCUT2D eigenvalue weighted by atomic mass is 10.1. The maximum Gasteiger partial charge on any atom is 0.394 e. The van der Waals surface area contributed by atoms with E-state index in [1.54, 1.807) is 12.1 Å². The quantitative estimate of drug-likeness (QED) is 0.0749. The maximum absolute atomic E-state index is 12.6. The summed E-state index contributed by atoms with van der Waals surface area (Å²) in [7, 11) is -4.67. The Bertz CT molecular complexity index is 2230. The normalized spacial score (nSPS) is 10.7. The second-order valence-corrected chi connectivity index (χ2v) is 11.7. The molecular formula is C34H36N10O6S. The molecule has 0 aliphatic heterocycles. The van der Waals surface area contributed by atoms with Crippen LogP contribution < -0.4 is 34.1 Å². The fourth-order valence-electron chi connectivity index (χ4n) is 4.90. The van der Waals surface area contributed by atoms with Gasteiger partial charge in [0.1, 0.15) is 0 Å². The topological polar surface area (TPSA) is 273 Å². The summed E-state index contributed by atoms with van der Waals surface area (Å²) < 4.78 is 34.5. The summed E-state index contributed by atoms with van der Waals surface area (Å²) in [5.74, 6) is -0.00613. The van der Waals surface area contributed by atoms with Gasteiger partial charge in [-0.05, 0) is 23.3 Å². The van der Waals surface area contributed by atoms with Gasteiger partial charge in [0.05, 0.1) is 48.3 Å². The van der Waals surface area contributed by atoms with Crippen molar-refractivity contribution in [1.29, 1.82) is 0 Å². The van der Waals surface area contributed by atoms with Crippen LogP contribution in [0, 0.1) is 0 Å². The zero-order valence-corrected chi connectivity index (χ0v) is 28.0. The second-order valence-electron chi connectivity index (χ2n) is 10.8. The number of hydrogen-bond donors (Lipinski definition) is 6. The number of fused-ring (bicyclic) bond motifs is 2. The number of aromatic nitrogens is 4. The Morgan fingerprint density at radius 2 is 0.843 bits per heavy atom. The van der Waals surface area contributed by atoms with Gasteiger partial charge in [0.2, 0.25) is 0 Å². The van der Waals surface area contributed by atoms with Crippen LogP contribution in [-0.2, 0) is 36.6 Å². The van der Waals surface area contributed by atoms with E-state index in [2.05, 4.69) is 20.2 Å². The first kappa shape index (κ1) is 37.4. The molecule has 0 atom stereocenters. The highest BCUT2D eigenvalue weighted by molar-refractivity contribution is 7.79. The molecule has 6 rings (SSSR count). The van der Waals surface area contributed by atoms with Crippen LogP contribution >= 0.6 is 0 Å². The monoisotopic (exact) mass is 712 g/mol. The maximum atomic E-state index is 12.6. The van der Waals surface area contributed by atoms with Crippen molar-refractivity contribution in [2.75, 3.05) is 0 Å². The van der Waals surface area contributed by atoms with Crippen LogP contribution in [0.2, 0.25) is 0 Å². The molecule has 16 nitrogen and oxygen atoms in total. The van der Waals surface area contributed by atoms with Crippen LogP contribution in [-0.4, -0.2) is 49.0 Å². The highest BCUT2D eigenvalue weighted by Crippen LogP contribution is 2.16. The molecule has 0 radical (unpaired) electrons. The minimum atomic E-state index is -4.67. The first-order valence-electron chi connectivity index (χ1n) is 15.2. The van der Waals surface area contributed by atoms with Crippen molar-refractivity contribution in [2.24, 2.45) is 32.9 Å². The summed E-state index contributed by atoms with van der Waals surface area (Å²) in [5, 5.41) is 11.7. The summed E-state index contributed by atoms with van der Waals surface area (Å²) in [6.07, 6.45) is 0. The van der Waals surface area contributed by atoms with Crippen LogP contribution in [0.25, 0.3) is 21.5 Å². The lowest BCUT2D eigenvalue weighted by Crippen LogP contribution is -2.26. The molecule has 17 heteroatoms. The smallest absolute Gasteiger partial charge is 0.370 e. The third-order valence-electron chi connectivity index (χ3n) is 7.06. The summed E-state index contributed by atoms with van der Waals surface area (Å²) in [6.45, 7) is 1.27. The minimum absolute atomic E-state index is 0.00306. The molecule has 264 valence electrons. The van der Waals surface area contributed by atoms with E-state index in [0.717, 1.165) is 21.9 Å². The number of aliphatic imine (C=N–C) groups is 2. The van der Waals surface area contributed by atoms with Crippen molar-refractivity contribution in [3.63, 3.8) is 0 Å². The molecule has 2 heterocycles. The Labute approximate surface area is 292 Å². The molecule has 6 aromatic rings. The summed E-state index contributed by atoms with van der Waals surface area (Å²) in [5.41, 5.74) is 24.7. The molecule has 0 saturated carbocycles. The van der Waals surface area contributed by atoms with E-state index in [9.17, 15) is 9.59 Å². The highest BCUT2D eigenvalue weighted by atomic mass is 32.3. The number of guanidine groups is 2. The average Bonchev–Trinajstić information content (AvgIpc) is 3.10. The van der Waals surface area contributed by atoms with E-state index in [1.807, 2.05) is 97.1 Å². The Kier molecular flexibility index (Phi) is 12.7. The molecular weight excluding hydrogens is 677 g/mol. The van der Waals surface area contributed by atoms with Crippen molar-refractivity contribution < 1.29 is 17.5 Å². The van der Waals surface area contributed by atoms with Gasteiger partial charge in [-0.3, -0.25) is 18.7 Å². The van der Waals surface area contributed by atoms with Gasteiger partial charge in [0, 0.05) is 10.8 Å². The number of nitrogens with zero attached hydrogens (tertiary/aromatic N) is 6. The van der Waals surface area contributed by atoms with E-state index < -0.39 is 10.4 Å². The Balaban J connectivity index is 0.000000202. The second kappa shape index (κ2) is 17.3. The highest BCUT2D eigenvalue weighted by Gasteiger charge is 2.12. The van der Waals surface area contributed by atoms with Crippen molar-refractivity contribution in [3.8, 4) is 0 Å². The average molecular weight is 713 g/mol. The van der Waals surface area contributed by atoms with Crippen LogP contribution in [0.3, 0.4) is 0 Å². The van der Waals surface area contributed by atoms with E-state index >= 15 is 0 Å². The van der Waals surface area contributed by atoms with Crippen LogP contribution in [0.4, 0.5) is 0 Å². The van der Waals surface area contributed by atoms with Crippen molar-refractivity contribution in [1.82, 2.24) is 19.6 Å². The molecule has 0 bridgehead atoms. The van der Waals surface area contributed by atoms with E-state index in [4.69, 9.17) is 40.5 Å². The fraction of sp³-hybridized carbons (Fsp3) is 0.118. The van der Waals surface area contributed by atoms with Crippen LogP contribution in [0.1, 0.15) is 22.5 Å². The standard InChI is InChI=1S/2C17H17N5O.H2O4S/c2*18-17(19)20-10-15-13-8-4-5-9-14(13)16(23)22(21-15)11-12-6-2-1-3-7-12;1-5(2,3)4/h2*1-9H,10-11H2,(H4,18,19,20);(H2,1,2,3,4). The minimum Gasteiger partial charge on any atom is -0.370 e. The molecule has 0 spiro atoms. The molecule has 2 aromatic heterocycles. The van der Waals surface area contributed by atoms with E-state index in [0.29, 0.717) is 35.2 Å². The Morgan fingerprint density at radius 3 is 1.16 bits per heavy atom. The Hall–Kier alpha value is -6.43. The van der Waals surface area contributed by atoms with Gasteiger partial charge >= 0.3 is 10.4 Å². The number of hydrogen-bond acceptors (Lipinski definition) is 8.